The third-order valence-corrected chi connectivity index (χ3v) is 2.52. The number of nitrogens with one attached hydrogen (secondary N) is 1. The van der Waals surface area contributed by atoms with Gasteiger partial charge in [-0.2, -0.15) is 0 Å². The molecule has 2 aromatic rings. The van der Waals surface area contributed by atoms with Gasteiger partial charge in [-0.25, -0.2) is 0 Å². The van der Waals surface area contributed by atoms with E-state index in [1.165, 1.54) is 10.8 Å². The molecule has 0 bridgehead atoms. The molecule has 3 N–H and O–H groups in total. The van der Waals surface area contributed by atoms with E-state index in [1.807, 2.05) is 13.8 Å². The fourth-order valence-corrected chi connectivity index (χ4v) is 1.70. The molecule has 0 unspecified atom stereocenters. The van der Waals surface area contributed by atoms with E-state index in [4.69, 9.17) is 5.73 Å². The van der Waals surface area contributed by atoms with E-state index in [1.54, 1.807) is 0 Å². The molecule has 0 atom stereocenters. The van der Waals surface area contributed by atoms with Crippen LogP contribution in [0.1, 0.15) is 13.8 Å². The summed E-state index contributed by atoms with van der Waals surface area (Å²) in [5.41, 5.74) is 6.92. The van der Waals surface area contributed by atoms with E-state index in [0.717, 1.165) is 12.2 Å². The molecular weight excluding hydrogens is 196 g/mol. The highest BCUT2D eigenvalue weighted by molar-refractivity contribution is 5.93. The predicted octanol–water partition coefficient (Wildman–Crippen LogP) is 2.99. The molecule has 0 fully saturated rings. The van der Waals surface area contributed by atoms with Crippen molar-refractivity contribution in [1.29, 1.82) is 0 Å². The molecule has 16 heavy (non-hydrogen) atoms. The van der Waals surface area contributed by atoms with Gasteiger partial charge in [-0.3, -0.25) is 0 Å². The Hall–Kier alpha value is -1.54. The average Bonchev–Trinajstić information content (AvgIpc) is 2.25. The highest BCUT2D eigenvalue weighted by atomic mass is 14.9. The lowest BCUT2D eigenvalue weighted by molar-refractivity contribution is 0.549. The lowest BCUT2D eigenvalue weighted by Gasteiger charge is -2.20. The molecule has 0 amide bonds. The molecule has 0 aliphatic heterocycles. The van der Waals surface area contributed by atoms with Gasteiger partial charge in [0.05, 0.1) is 0 Å². The fourth-order valence-electron chi connectivity index (χ4n) is 1.70. The van der Waals surface area contributed by atoms with E-state index >= 15 is 0 Å². The summed E-state index contributed by atoms with van der Waals surface area (Å²) >= 11 is 0. The first-order valence-electron chi connectivity index (χ1n) is 5.57. The van der Waals surface area contributed by atoms with Crippen LogP contribution in [-0.4, -0.2) is 12.1 Å². The van der Waals surface area contributed by atoms with Crippen molar-refractivity contribution >= 4 is 16.5 Å². The van der Waals surface area contributed by atoms with Crippen molar-refractivity contribution in [3.63, 3.8) is 0 Å². The molecule has 0 spiro atoms. The van der Waals surface area contributed by atoms with Crippen molar-refractivity contribution < 1.29 is 0 Å². The van der Waals surface area contributed by atoms with Crippen molar-refractivity contribution in [2.45, 2.75) is 19.4 Å². The summed E-state index contributed by atoms with van der Waals surface area (Å²) in [5.74, 6) is 0. The van der Waals surface area contributed by atoms with Crippen LogP contribution in [0.25, 0.3) is 10.8 Å². The maximum absolute atomic E-state index is 5.96. The van der Waals surface area contributed by atoms with E-state index in [-0.39, 0.29) is 5.54 Å². The first kappa shape index (κ1) is 11.0. The van der Waals surface area contributed by atoms with E-state index in [2.05, 4.69) is 47.8 Å². The third kappa shape index (κ3) is 2.52. The predicted molar refractivity (Wildman–Crippen MR) is 70.7 cm³/mol. The Kier molecular flexibility index (Phi) is 2.84. The number of fused-ring (bicyclic) bond motifs is 1. The topological polar surface area (TPSA) is 38.0 Å². The Bertz CT molecular complexity index is 478. The molecular formula is C14H18N2. The summed E-state index contributed by atoms with van der Waals surface area (Å²) < 4.78 is 0. The standard InChI is InChI=1S/C14H18N2/c1-14(2,15)10-16-13-9-5-7-11-6-3-4-8-12(11)13/h3-9,16H,10,15H2,1-2H3. The van der Waals surface area contributed by atoms with Crippen LogP contribution in [0, 0.1) is 0 Å². The summed E-state index contributed by atoms with van der Waals surface area (Å²) in [5, 5.41) is 5.90. The van der Waals surface area contributed by atoms with Gasteiger partial charge in [0.2, 0.25) is 0 Å². The SMILES string of the molecule is CC(C)(N)CNc1cccc2ccccc12. The van der Waals surface area contributed by atoms with Gasteiger partial charge in [0.1, 0.15) is 0 Å². The van der Waals surface area contributed by atoms with Gasteiger partial charge in [-0.1, -0.05) is 36.4 Å². The van der Waals surface area contributed by atoms with Gasteiger partial charge < -0.3 is 11.1 Å². The van der Waals surface area contributed by atoms with Crippen molar-refractivity contribution in [1.82, 2.24) is 0 Å². The van der Waals surface area contributed by atoms with Gasteiger partial charge in [-0.15, -0.1) is 0 Å². The highest BCUT2D eigenvalue weighted by Crippen LogP contribution is 2.23. The maximum Gasteiger partial charge on any atom is 0.0420 e. The number of nitrogens with two attached hydrogens (primary N) is 1. The first-order valence-corrected chi connectivity index (χ1v) is 5.57. The number of anilines is 1. The van der Waals surface area contributed by atoms with E-state index < -0.39 is 0 Å². The van der Waals surface area contributed by atoms with Crippen LogP contribution in [0.5, 0.6) is 0 Å². The molecule has 0 heterocycles. The molecule has 0 radical (unpaired) electrons. The Labute approximate surface area is 96.5 Å². The first-order chi connectivity index (χ1) is 7.56. The monoisotopic (exact) mass is 214 g/mol. The van der Waals surface area contributed by atoms with Gasteiger partial charge in [0, 0.05) is 23.2 Å². The summed E-state index contributed by atoms with van der Waals surface area (Å²) in [6, 6.07) is 14.6. The van der Waals surface area contributed by atoms with Gasteiger partial charge in [0.15, 0.2) is 0 Å². The second kappa shape index (κ2) is 4.14. The molecule has 84 valence electrons. The lowest BCUT2D eigenvalue weighted by atomic mass is 10.1. The molecule has 2 rings (SSSR count). The molecule has 2 aromatic carbocycles. The van der Waals surface area contributed by atoms with Crippen molar-refractivity contribution in [2.75, 3.05) is 11.9 Å². The molecule has 2 heteroatoms. The number of hydrogen-bond donors (Lipinski definition) is 2. The van der Waals surface area contributed by atoms with E-state index in [9.17, 15) is 0 Å². The minimum atomic E-state index is -0.197. The highest BCUT2D eigenvalue weighted by Gasteiger charge is 2.10. The Balaban J connectivity index is 2.30. The fraction of sp³-hybridized carbons (Fsp3) is 0.286. The minimum absolute atomic E-state index is 0.197. The zero-order chi connectivity index (χ0) is 11.6. The molecule has 0 aliphatic carbocycles. The quantitative estimate of drug-likeness (QED) is 0.824. The van der Waals surface area contributed by atoms with Gasteiger partial charge in [-0.05, 0) is 25.3 Å². The van der Waals surface area contributed by atoms with Crippen LogP contribution in [0.3, 0.4) is 0 Å². The summed E-state index contributed by atoms with van der Waals surface area (Å²) in [6.45, 7) is 4.80. The summed E-state index contributed by atoms with van der Waals surface area (Å²) in [4.78, 5) is 0. The zero-order valence-electron chi connectivity index (χ0n) is 9.83. The molecule has 0 aromatic heterocycles. The number of rotatable bonds is 3. The van der Waals surface area contributed by atoms with Gasteiger partial charge in [0.25, 0.3) is 0 Å². The van der Waals surface area contributed by atoms with Crippen LogP contribution in [0.2, 0.25) is 0 Å². The number of benzene rings is 2. The molecule has 2 nitrogen and oxygen atoms in total. The van der Waals surface area contributed by atoms with Crippen LogP contribution >= 0.6 is 0 Å². The second-order valence-corrected chi connectivity index (χ2v) is 4.87. The van der Waals surface area contributed by atoms with E-state index in [0.29, 0.717) is 0 Å². The average molecular weight is 214 g/mol. The summed E-state index contributed by atoms with van der Waals surface area (Å²) in [6.07, 6.45) is 0. The zero-order valence-corrected chi connectivity index (χ0v) is 9.83. The lowest BCUT2D eigenvalue weighted by Crippen LogP contribution is -2.39. The van der Waals surface area contributed by atoms with Crippen molar-refractivity contribution in [3.05, 3.63) is 42.5 Å². The number of hydrogen-bond acceptors (Lipinski definition) is 2. The molecule has 0 saturated heterocycles. The third-order valence-electron chi connectivity index (χ3n) is 2.52. The minimum Gasteiger partial charge on any atom is -0.383 e. The largest absolute Gasteiger partial charge is 0.383 e. The van der Waals surface area contributed by atoms with Crippen LogP contribution < -0.4 is 11.1 Å². The molecule has 0 aliphatic rings. The Morgan fingerprint density at radius 3 is 2.50 bits per heavy atom. The van der Waals surface area contributed by atoms with Crippen LogP contribution in [0.15, 0.2) is 42.5 Å². The van der Waals surface area contributed by atoms with Crippen LogP contribution in [-0.2, 0) is 0 Å². The Morgan fingerprint density at radius 2 is 1.75 bits per heavy atom. The van der Waals surface area contributed by atoms with Gasteiger partial charge >= 0.3 is 0 Å². The maximum atomic E-state index is 5.96. The smallest absolute Gasteiger partial charge is 0.0420 e. The Morgan fingerprint density at radius 1 is 1.06 bits per heavy atom. The summed E-state index contributed by atoms with van der Waals surface area (Å²) in [7, 11) is 0. The normalized spacial score (nSPS) is 11.7. The molecule has 0 saturated carbocycles. The second-order valence-electron chi connectivity index (χ2n) is 4.87. The van der Waals surface area contributed by atoms with Crippen molar-refractivity contribution in [2.24, 2.45) is 5.73 Å². The van der Waals surface area contributed by atoms with Crippen molar-refractivity contribution in [3.8, 4) is 0 Å². The van der Waals surface area contributed by atoms with Crippen LogP contribution in [0.4, 0.5) is 5.69 Å².